The normalized spacial score (nSPS) is 9.75. The van der Waals surface area contributed by atoms with E-state index in [0.29, 0.717) is 26.4 Å². The second-order valence-electron chi connectivity index (χ2n) is 3.34. The molecule has 0 amide bonds. The lowest BCUT2D eigenvalue weighted by atomic mass is 10.5. The van der Waals surface area contributed by atoms with Crippen molar-refractivity contribution in [3.63, 3.8) is 0 Å². The Bertz CT molecular complexity index is 92.3. The maximum Gasteiger partial charge on any atom is 0.0701 e. The van der Waals surface area contributed by atoms with Crippen molar-refractivity contribution in [3.8, 4) is 0 Å². The van der Waals surface area contributed by atoms with Crippen LogP contribution in [0, 0.1) is 0 Å². The molecule has 0 fully saturated rings. The van der Waals surface area contributed by atoms with Gasteiger partial charge < -0.3 is 19.5 Å². The van der Waals surface area contributed by atoms with Crippen molar-refractivity contribution in [1.29, 1.82) is 0 Å². The van der Waals surface area contributed by atoms with E-state index in [1.54, 1.807) is 0 Å². The zero-order chi connectivity index (χ0) is 12.5. The highest BCUT2D eigenvalue weighted by atomic mass is 16.5. The number of rotatable bonds is 10. The SMILES string of the molecule is CCCOCCOCCOCCC.CNC. The first-order valence-corrected chi connectivity index (χ1v) is 6.15. The Morgan fingerprint density at radius 3 is 1.12 bits per heavy atom. The average molecular weight is 235 g/mol. The van der Waals surface area contributed by atoms with Crippen LogP contribution in [-0.4, -0.2) is 53.7 Å². The summed E-state index contributed by atoms with van der Waals surface area (Å²) in [5, 5.41) is 2.75. The molecule has 16 heavy (non-hydrogen) atoms. The molecule has 0 unspecified atom stereocenters. The van der Waals surface area contributed by atoms with Crippen molar-refractivity contribution in [1.82, 2.24) is 5.32 Å². The smallest absolute Gasteiger partial charge is 0.0701 e. The van der Waals surface area contributed by atoms with Crippen LogP contribution in [0.3, 0.4) is 0 Å². The van der Waals surface area contributed by atoms with Crippen LogP contribution in [0.25, 0.3) is 0 Å². The third kappa shape index (κ3) is 23.6. The Kier molecular flexibility index (Phi) is 23.1. The van der Waals surface area contributed by atoms with Crippen molar-refractivity contribution in [3.05, 3.63) is 0 Å². The van der Waals surface area contributed by atoms with Gasteiger partial charge in [-0.05, 0) is 26.9 Å². The molecule has 0 aromatic rings. The van der Waals surface area contributed by atoms with Crippen LogP contribution in [0.15, 0.2) is 0 Å². The summed E-state index contributed by atoms with van der Waals surface area (Å²) in [4.78, 5) is 0. The molecule has 0 aromatic heterocycles. The number of hydrogen-bond donors (Lipinski definition) is 1. The van der Waals surface area contributed by atoms with Crippen LogP contribution in [0.2, 0.25) is 0 Å². The van der Waals surface area contributed by atoms with E-state index in [9.17, 15) is 0 Å². The van der Waals surface area contributed by atoms with Gasteiger partial charge in [-0.3, -0.25) is 0 Å². The van der Waals surface area contributed by atoms with Gasteiger partial charge in [0, 0.05) is 13.2 Å². The Morgan fingerprint density at radius 2 is 0.875 bits per heavy atom. The van der Waals surface area contributed by atoms with Crippen molar-refractivity contribution in [2.24, 2.45) is 0 Å². The van der Waals surface area contributed by atoms with E-state index >= 15 is 0 Å². The minimum absolute atomic E-state index is 0.676. The van der Waals surface area contributed by atoms with E-state index in [0.717, 1.165) is 26.1 Å². The fraction of sp³-hybridized carbons (Fsp3) is 1.00. The van der Waals surface area contributed by atoms with Gasteiger partial charge in [0.2, 0.25) is 0 Å². The van der Waals surface area contributed by atoms with Crippen LogP contribution >= 0.6 is 0 Å². The van der Waals surface area contributed by atoms with Crippen molar-refractivity contribution in [2.75, 3.05) is 53.7 Å². The number of hydrogen-bond acceptors (Lipinski definition) is 4. The van der Waals surface area contributed by atoms with E-state index in [2.05, 4.69) is 19.2 Å². The topological polar surface area (TPSA) is 39.7 Å². The summed E-state index contributed by atoms with van der Waals surface area (Å²) in [6.07, 6.45) is 2.14. The molecule has 0 spiro atoms. The van der Waals surface area contributed by atoms with Crippen LogP contribution in [0.1, 0.15) is 26.7 Å². The van der Waals surface area contributed by atoms with Gasteiger partial charge in [0.25, 0.3) is 0 Å². The van der Waals surface area contributed by atoms with Gasteiger partial charge in [-0.15, -0.1) is 0 Å². The minimum Gasteiger partial charge on any atom is -0.379 e. The molecule has 0 bridgehead atoms. The summed E-state index contributed by atoms with van der Waals surface area (Å²) in [6, 6.07) is 0. The Hall–Kier alpha value is -0.160. The summed E-state index contributed by atoms with van der Waals surface area (Å²) < 4.78 is 15.8. The highest BCUT2D eigenvalue weighted by Gasteiger charge is 1.89. The fourth-order valence-corrected chi connectivity index (χ4v) is 0.831. The zero-order valence-electron chi connectivity index (χ0n) is 11.4. The molecule has 4 nitrogen and oxygen atoms in total. The third-order valence-corrected chi connectivity index (χ3v) is 1.44. The second kappa shape index (κ2) is 20.3. The van der Waals surface area contributed by atoms with Crippen molar-refractivity contribution >= 4 is 0 Å². The van der Waals surface area contributed by atoms with Crippen LogP contribution in [-0.2, 0) is 14.2 Å². The van der Waals surface area contributed by atoms with Gasteiger partial charge in [-0.2, -0.15) is 0 Å². The molecule has 0 aliphatic carbocycles. The monoisotopic (exact) mass is 235 g/mol. The lowest BCUT2D eigenvalue weighted by molar-refractivity contribution is 0.0148. The zero-order valence-corrected chi connectivity index (χ0v) is 11.4. The molecule has 0 aromatic carbocycles. The fourth-order valence-electron chi connectivity index (χ4n) is 0.831. The van der Waals surface area contributed by atoms with Crippen molar-refractivity contribution in [2.45, 2.75) is 26.7 Å². The summed E-state index contributed by atoms with van der Waals surface area (Å²) in [7, 11) is 3.75. The maximum atomic E-state index is 5.28. The van der Waals surface area contributed by atoms with Gasteiger partial charge in [0.05, 0.1) is 26.4 Å². The standard InChI is InChI=1S/C10H22O3.C2H7N/c1-3-5-11-7-9-13-10-8-12-6-4-2;1-3-2/h3-10H2,1-2H3;3H,1-2H3. The van der Waals surface area contributed by atoms with Crippen molar-refractivity contribution < 1.29 is 14.2 Å². The highest BCUT2D eigenvalue weighted by Crippen LogP contribution is 1.84. The summed E-state index contributed by atoms with van der Waals surface area (Å²) in [5.41, 5.74) is 0. The Morgan fingerprint density at radius 1 is 0.625 bits per heavy atom. The third-order valence-electron chi connectivity index (χ3n) is 1.44. The molecule has 4 heteroatoms. The van der Waals surface area contributed by atoms with E-state index in [1.165, 1.54) is 0 Å². The average Bonchev–Trinajstić information content (AvgIpc) is 2.28. The first-order valence-electron chi connectivity index (χ1n) is 6.15. The van der Waals surface area contributed by atoms with E-state index in [4.69, 9.17) is 14.2 Å². The summed E-state index contributed by atoms with van der Waals surface area (Å²) in [5.74, 6) is 0. The molecule has 0 saturated heterocycles. The molecule has 0 heterocycles. The molecular weight excluding hydrogens is 206 g/mol. The highest BCUT2D eigenvalue weighted by molar-refractivity contribution is 4.33. The largest absolute Gasteiger partial charge is 0.379 e. The van der Waals surface area contributed by atoms with Crippen LogP contribution in [0.4, 0.5) is 0 Å². The lowest BCUT2D eigenvalue weighted by Crippen LogP contribution is -2.09. The quantitative estimate of drug-likeness (QED) is 0.585. The predicted molar refractivity (Wildman–Crippen MR) is 68.0 cm³/mol. The van der Waals surface area contributed by atoms with Gasteiger partial charge in [-0.1, -0.05) is 13.8 Å². The second-order valence-corrected chi connectivity index (χ2v) is 3.34. The first kappa shape index (κ1) is 18.2. The number of nitrogens with one attached hydrogen (secondary N) is 1. The molecule has 0 saturated carbocycles. The predicted octanol–water partition coefficient (Wildman–Crippen LogP) is 1.69. The number of ether oxygens (including phenoxy) is 3. The molecule has 1 N–H and O–H groups in total. The van der Waals surface area contributed by atoms with Gasteiger partial charge >= 0.3 is 0 Å². The lowest BCUT2D eigenvalue weighted by Gasteiger charge is -2.05. The van der Waals surface area contributed by atoms with Crippen LogP contribution < -0.4 is 5.32 Å². The molecule has 0 rings (SSSR count). The molecule has 0 atom stereocenters. The van der Waals surface area contributed by atoms with Crippen LogP contribution in [0.5, 0.6) is 0 Å². The first-order chi connectivity index (χ1) is 7.83. The maximum absolute atomic E-state index is 5.28. The molecular formula is C12H29NO3. The minimum atomic E-state index is 0.676. The van der Waals surface area contributed by atoms with E-state index in [1.807, 2.05) is 14.1 Å². The van der Waals surface area contributed by atoms with Gasteiger partial charge in [0.15, 0.2) is 0 Å². The molecule has 0 radical (unpaired) electrons. The molecule has 0 aliphatic heterocycles. The van der Waals surface area contributed by atoms with Gasteiger partial charge in [-0.25, -0.2) is 0 Å². The Labute approximate surface area is 101 Å². The molecule has 0 aliphatic rings. The van der Waals surface area contributed by atoms with E-state index in [-0.39, 0.29) is 0 Å². The van der Waals surface area contributed by atoms with Gasteiger partial charge in [0.1, 0.15) is 0 Å². The molecule has 100 valence electrons. The van der Waals surface area contributed by atoms with E-state index < -0.39 is 0 Å². The Balaban J connectivity index is 0. The summed E-state index contributed by atoms with van der Waals surface area (Å²) in [6.45, 7) is 8.60. The summed E-state index contributed by atoms with van der Waals surface area (Å²) >= 11 is 0.